The Kier molecular flexibility index (Phi) is 6.95. The number of hydrogen-bond donors (Lipinski definition) is 1. The van der Waals surface area contributed by atoms with Gasteiger partial charge in [-0.25, -0.2) is 4.98 Å². The number of aromatic nitrogens is 2. The molecule has 8 heteroatoms. The predicted molar refractivity (Wildman–Crippen MR) is 118 cm³/mol. The highest BCUT2D eigenvalue weighted by Crippen LogP contribution is 2.23. The zero-order valence-corrected chi connectivity index (χ0v) is 18.0. The van der Waals surface area contributed by atoms with Gasteiger partial charge in [0.1, 0.15) is 0 Å². The molecule has 0 saturated carbocycles. The van der Waals surface area contributed by atoms with Crippen LogP contribution in [-0.4, -0.2) is 34.9 Å². The predicted octanol–water partition coefficient (Wildman–Crippen LogP) is 4.30. The second kappa shape index (κ2) is 9.43. The number of aryl methyl sites for hydroxylation is 1. The molecule has 0 radical (unpaired) electrons. The zero-order valence-electron chi connectivity index (χ0n) is 16.4. The van der Waals surface area contributed by atoms with Crippen LogP contribution in [0.4, 0.5) is 5.69 Å². The first-order valence-corrected chi connectivity index (χ1v) is 10.5. The summed E-state index contributed by atoms with van der Waals surface area (Å²) in [4.78, 5) is 30.0. The Bertz CT molecular complexity index is 1100. The Labute approximate surface area is 178 Å². The molecule has 1 amide bonds. The maximum Gasteiger partial charge on any atom is 0.262 e. The average molecular weight is 432 g/mol. The molecule has 1 N–H and O–H groups in total. The highest BCUT2D eigenvalue weighted by atomic mass is 35.5. The number of methoxy groups -OCH3 is 1. The van der Waals surface area contributed by atoms with Crippen LogP contribution in [0.3, 0.4) is 0 Å². The van der Waals surface area contributed by atoms with Crippen LogP contribution in [0.25, 0.3) is 10.9 Å². The maximum atomic E-state index is 13.0. The number of carbonyl (C=O) groups excluding carboxylic acids is 1. The quantitative estimate of drug-likeness (QED) is 0.446. The fourth-order valence-corrected chi connectivity index (χ4v) is 4.01. The first-order chi connectivity index (χ1) is 13.9. The van der Waals surface area contributed by atoms with Gasteiger partial charge in [0.2, 0.25) is 5.91 Å². The number of carbonyl (C=O) groups is 1. The summed E-state index contributed by atoms with van der Waals surface area (Å²) >= 11 is 7.33. The molecule has 0 spiro atoms. The third kappa shape index (κ3) is 4.98. The minimum atomic E-state index is -0.217. The molecule has 0 aliphatic carbocycles. The molecule has 1 aromatic heterocycles. The molecule has 152 valence electrons. The zero-order chi connectivity index (χ0) is 21.0. The van der Waals surface area contributed by atoms with Gasteiger partial charge in [0.15, 0.2) is 5.16 Å². The summed E-state index contributed by atoms with van der Waals surface area (Å²) in [5.41, 5.74) is 2.03. The smallest absolute Gasteiger partial charge is 0.262 e. The third-order valence-corrected chi connectivity index (χ3v) is 5.77. The SMILES string of the molecule is COCC(C)n1c(SCC(=O)Nc2ccc(C)c(Cl)c2)nc2ccccc2c1=O. The van der Waals surface area contributed by atoms with Crippen molar-refractivity contribution in [1.29, 1.82) is 0 Å². The number of benzene rings is 2. The number of ether oxygens (including phenoxy) is 1. The summed E-state index contributed by atoms with van der Waals surface area (Å²) in [5, 5.41) is 4.44. The topological polar surface area (TPSA) is 73.2 Å². The molecule has 6 nitrogen and oxygen atoms in total. The molecule has 3 aromatic rings. The van der Waals surface area contributed by atoms with Gasteiger partial charge in [0.05, 0.1) is 29.3 Å². The monoisotopic (exact) mass is 431 g/mol. The molecular formula is C21H22ClN3O3S. The van der Waals surface area contributed by atoms with Crippen molar-refractivity contribution < 1.29 is 9.53 Å². The van der Waals surface area contributed by atoms with Gasteiger partial charge in [-0.1, -0.05) is 41.6 Å². The number of hydrogen-bond acceptors (Lipinski definition) is 5. The largest absolute Gasteiger partial charge is 0.383 e. The molecule has 2 aromatic carbocycles. The van der Waals surface area contributed by atoms with Crippen LogP contribution in [0.5, 0.6) is 0 Å². The van der Waals surface area contributed by atoms with Crippen molar-refractivity contribution in [2.24, 2.45) is 0 Å². The van der Waals surface area contributed by atoms with E-state index in [0.29, 0.717) is 33.4 Å². The molecule has 29 heavy (non-hydrogen) atoms. The van der Waals surface area contributed by atoms with Crippen LogP contribution in [0.2, 0.25) is 5.02 Å². The number of rotatable bonds is 7. The van der Waals surface area contributed by atoms with Crippen LogP contribution in [0, 0.1) is 6.92 Å². The fourth-order valence-electron chi connectivity index (χ4n) is 2.93. The Balaban J connectivity index is 1.84. The number of fused-ring (bicyclic) bond motifs is 1. The highest BCUT2D eigenvalue weighted by molar-refractivity contribution is 7.99. The van der Waals surface area contributed by atoms with E-state index in [4.69, 9.17) is 16.3 Å². The number of halogens is 1. The Morgan fingerprint density at radius 3 is 2.79 bits per heavy atom. The van der Waals surface area contributed by atoms with Crippen molar-refractivity contribution in [3.05, 3.63) is 63.4 Å². The second-order valence-electron chi connectivity index (χ2n) is 6.69. The normalized spacial score (nSPS) is 12.1. The van der Waals surface area contributed by atoms with Crippen molar-refractivity contribution in [1.82, 2.24) is 9.55 Å². The first-order valence-electron chi connectivity index (χ1n) is 9.09. The minimum absolute atomic E-state index is 0.107. The van der Waals surface area contributed by atoms with E-state index in [9.17, 15) is 9.59 Å². The Morgan fingerprint density at radius 1 is 1.31 bits per heavy atom. The number of nitrogens with one attached hydrogen (secondary N) is 1. The first kappa shape index (κ1) is 21.4. The van der Waals surface area contributed by atoms with Gasteiger partial charge in [-0.3, -0.25) is 14.2 Å². The van der Waals surface area contributed by atoms with Gasteiger partial charge in [-0.15, -0.1) is 0 Å². The van der Waals surface area contributed by atoms with Gasteiger partial charge >= 0.3 is 0 Å². The number of para-hydroxylation sites is 1. The van der Waals surface area contributed by atoms with Gasteiger partial charge in [0, 0.05) is 17.8 Å². The van der Waals surface area contributed by atoms with Gasteiger partial charge in [-0.2, -0.15) is 0 Å². The standard InChI is InChI=1S/C21H22ClN3O3S/c1-13-8-9-15(10-17(13)22)23-19(26)12-29-21-24-18-7-5-4-6-16(18)20(27)25(21)14(2)11-28-3/h4-10,14H,11-12H2,1-3H3,(H,23,26). The molecule has 1 unspecified atom stereocenters. The number of nitrogens with zero attached hydrogens (tertiary/aromatic N) is 2. The molecule has 0 fully saturated rings. The Morgan fingerprint density at radius 2 is 2.07 bits per heavy atom. The lowest BCUT2D eigenvalue weighted by Crippen LogP contribution is -2.29. The van der Waals surface area contributed by atoms with E-state index >= 15 is 0 Å². The fraction of sp³-hybridized carbons (Fsp3) is 0.286. The molecule has 0 aliphatic rings. The van der Waals surface area contributed by atoms with Crippen molar-refractivity contribution >= 4 is 45.9 Å². The minimum Gasteiger partial charge on any atom is -0.383 e. The molecule has 0 bridgehead atoms. The number of amides is 1. The van der Waals surface area contributed by atoms with Gasteiger partial charge in [0.25, 0.3) is 5.56 Å². The summed E-state index contributed by atoms with van der Waals surface area (Å²) in [5.74, 6) is -0.0982. The van der Waals surface area contributed by atoms with E-state index in [2.05, 4.69) is 10.3 Å². The number of thioether (sulfide) groups is 1. The van der Waals surface area contributed by atoms with Crippen LogP contribution >= 0.6 is 23.4 Å². The van der Waals surface area contributed by atoms with E-state index < -0.39 is 0 Å². The van der Waals surface area contributed by atoms with Crippen LogP contribution in [0.15, 0.2) is 52.4 Å². The second-order valence-corrected chi connectivity index (χ2v) is 8.04. The molecule has 3 rings (SSSR count). The van der Waals surface area contributed by atoms with Gasteiger partial charge in [-0.05, 0) is 43.7 Å². The Hall–Kier alpha value is -2.35. The van der Waals surface area contributed by atoms with E-state index in [1.165, 1.54) is 11.8 Å². The molecule has 1 heterocycles. The molecular weight excluding hydrogens is 410 g/mol. The third-order valence-electron chi connectivity index (χ3n) is 4.41. The van der Waals surface area contributed by atoms with E-state index in [0.717, 1.165) is 5.56 Å². The lowest BCUT2D eigenvalue weighted by Gasteiger charge is -2.18. The average Bonchev–Trinajstić information content (AvgIpc) is 2.69. The summed E-state index contributed by atoms with van der Waals surface area (Å²) in [6, 6.07) is 12.3. The highest BCUT2D eigenvalue weighted by Gasteiger charge is 2.17. The van der Waals surface area contributed by atoms with Crippen LogP contribution < -0.4 is 10.9 Å². The van der Waals surface area contributed by atoms with Gasteiger partial charge < -0.3 is 10.1 Å². The van der Waals surface area contributed by atoms with Crippen molar-refractivity contribution in [2.45, 2.75) is 25.0 Å². The van der Waals surface area contributed by atoms with Crippen LogP contribution in [0.1, 0.15) is 18.5 Å². The van der Waals surface area contributed by atoms with Crippen molar-refractivity contribution in [2.75, 3.05) is 24.8 Å². The summed E-state index contributed by atoms with van der Waals surface area (Å²) < 4.78 is 6.81. The van der Waals surface area contributed by atoms with Crippen LogP contribution in [-0.2, 0) is 9.53 Å². The lowest BCUT2D eigenvalue weighted by atomic mass is 10.2. The molecule has 1 atom stereocenters. The summed E-state index contributed by atoms with van der Waals surface area (Å²) in [7, 11) is 1.59. The van der Waals surface area contributed by atoms with Crippen molar-refractivity contribution in [3.8, 4) is 0 Å². The van der Waals surface area contributed by atoms with E-state index in [1.807, 2.05) is 32.0 Å². The summed E-state index contributed by atoms with van der Waals surface area (Å²) in [6.07, 6.45) is 0. The number of anilines is 1. The molecule has 0 aliphatic heterocycles. The van der Waals surface area contributed by atoms with E-state index in [1.54, 1.807) is 35.9 Å². The van der Waals surface area contributed by atoms with E-state index in [-0.39, 0.29) is 23.3 Å². The maximum absolute atomic E-state index is 13.0. The summed E-state index contributed by atoms with van der Waals surface area (Å²) in [6.45, 7) is 4.15. The molecule has 0 saturated heterocycles. The lowest BCUT2D eigenvalue weighted by molar-refractivity contribution is -0.113. The van der Waals surface area contributed by atoms with Crippen molar-refractivity contribution in [3.63, 3.8) is 0 Å².